The van der Waals surface area contributed by atoms with E-state index >= 15 is 0 Å². The van der Waals surface area contributed by atoms with Crippen molar-refractivity contribution in [3.05, 3.63) is 35.9 Å². The highest BCUT2D eigenvalue weighted by Crippen LogP contribution is 2.53. The van der Waals surface area contributed by atoms with E-state index in [0.29, 0.717) is 15.6 Å². The molecule has 0 amide bonds. The monoisotopic (exact) mass is 261 g/mol. The quantitative estimate of drug-likeness (QED) is 0.692. The van der Waals surface area contributed by atoms with Gasteiger partial charge in [0.05, 0.1) is 0 Å². The Balaban J connectivity index is 1.85. The third kappa shape index (κ3) is 2.01. The number of hydrogen-bond donors (Lipinski definition) is 0. The van der Waals surface area contributed by atoms with Crippen LogP contribution >= 0.6 is 0 Å². The van der Waals surface area contributed by atoms with Crippen LogP contribution in [0.2, 0.25) is 0 Å². The highest BCUT2D eigenvalue weighted by atomic mass is 32.2. The Bertz CT molecular complexity index is 409. The molecule has 0 aromatic heterocycles. The van der Waals surface area contributed by atoms with Gasteiger partial charge in [-0.3, -0.25) is 0 Å². The molecule has 1 aliphatic heterocycles. The number of hydrogen-bond acceptors (Lipinski definition) is 0. The van der Waals surface area contributed by atoms with Gasteiger partial charge in [0, 0.05) is 34.7 Å². The standard InChI is InChI=1S/C17H25S/c1-13-9-10-15-11-16(13)18(17(15,2)3)12-14-7-5-4-6-8-14/h4-8,13,15-16H,9-12H2,1-3H3/q+1/t13-,15+,16-,18?/m1/s1. The van der Waals surface area contributed by atoms with Gasteiger partial charge in [0.25, 0.3) is 0 Å². The molecule has 0 nitrogen and oxygen atoms in total. The zero-order chi connectivity index (χ0) is 12.8. The van der Waals surface area contributed by atoms with Crippen molar-refractivity contribution in [2.75, 3.05) is 0 Å². The predicted molar refractivity (Wildman–Crippen MR) is 81.9 cm³/mol. The second kappa shape index (κ2) is 4.59. The molecule has 1 aromatic carbocycles. The number of fused-ring (bicyclic) bond motifs is 2. The molecule has 3 rings (SSSR count). The highest BCUT2D eigenvalue weighted by molar-refractivity contribution is 7.98. The summed E-state index contributed by atoms with van der Waals surface area (Å²) >= 11 is 0. The summed E-state index contributed by atoms with van der Waals surface area (Å²) < 4.78 is 0.575. The van der Waals surface area contributed by atoms with Crippen LogP contribution in [-0.2, 0) is 16.6 Å². The molecule has 1 unspecified atom stereocenters. The molecule has 1 aromatic rings. The van der Waals surface area contributed by atoms with E-state index < -0.39 is 0 Å². The second-order valence-electron chi connectivity index (χ2n) is 6.69. The summed E-state index contributed by atoms with van der Waals surface area (Å²) in [5.74, 6) is 3.26. The van der Waals surface area contributed by atoms with E-state index in [2.05, 4.69) is 51.1 Å². The van der Waals surface area contributed by atoms with Gasteiger partial charge in [-0.25, -0.2) is 0 Å². The molecule has 18 heavy (non-hydrogen) atoms. The van der Waals surface area contributed by atoms with E-state index in [1.54, 1.807) is 5.56 Å². The zero-order valence-electron chi connectivity index (χ0n) is 11.9. The first-order valence-corrected chi connectivity index (χ1v) is 8.78. The van der Waals surface area contributed by atoms with Crippen LogP contribution in [-0.4, -0.2) is 10.00 Å². The van der Waals surface area contributed by atoms with E-state index in [1.807, 2.05) is 0 Å². The topological polar surface area (TPSA) is 0 Å². The Hall–Kier alpha value is -0.430. The summed E-state index contributed by atoms with van der Waals surface area (Å²) in [5.41, 5.74) is 1.55. The zero-order valence-corrected chi connectivity index (χ0v) is 12.7. The third-order valence-corrected chi connectivity index (χ3v) is 9.03. The van der Waals surface area contributed by atoms with Crippen LogP contribution in [0.3, 0.4) is 0 Å². The van der Waals surface area contributed by atoms with Crippen molar-refractivity contribution in [2.45, 2.75) is 55.8 Å². The molecule has 0 radical (unpaired) electrons. The molecule has 0 spiro atoms. The molecule has 0 N–H and O–H groups in total. The maximum atomic E-state index is 2.54. The first kappa shape index (κ1) is 12.6. The van der Waals surface area contributed by atoms with E-state index in [1.165, 1.54) is 25.0 Å². The van der Waals surface area contributed by atoms with Crippen LogP contribution < -0.4 is 0 Å². The molecule has 4 atom stereocenters. The number of rotatable bonds is 2. The number of benzene rings is 1. The van der Waals surface area contributed by atoms with E-state index in [0.717, 1.165) is 17.1 Å². The van der Waals surface area contributed by atoms with Gasteiger partial charge in [0.15, 0.2) is 0 Å². The lowest BCUT2D eigenvalue weighted by Crippen LogP contribution is -2.36. The fourth-order valence-electron chi connectivity index (χ4n) is 3.96. The molecular weight excluding hydrogens is 236 g/mol. The molecule has 1 aliphatic carbocycles. The average molecular weight is 261 g/mol. The van der Waals surface area contributed by atoms with Crippen molar-refractivity contribution >= 4 is 10.9 Å². The van der Waals surface area contributed by atoms with Crippen molar-refractivity contribution in [1.29, 1.82) is 0 Å². The van der Waals surface area contributed by atoms with Gasteiger partial charge in [-0.05, 0) is 26.7 Å². The minimum Gasteiger partial charge on any atom is -0.0622 e. The summed E-state index contributed by atoms with van der Waals surface area (Å²) in [6.45, 7) is 7.58. The minimum absolute atomic E-state index is 0.575. The Morgan fingerprint density at radius 3 is 2.61 bits per heavy atom. The predicted octanol–water partition coefficient (Wildman–Crippen LogP) is 4.40. The fourth-order valence-corrected chi connectivity index (χ4v) is 7.68. The van der Waals surface area contributed by atoms with Gasteiger partial charge in [-0.2, -0.15) is 0 Å². The lowest BCUT2D eigenvalue weighted by atomic mass is 9.78. The minimum atomic E-state index is 0.575. The molecule has 1 saturated heterocycles. The Morgan fingerprint density at radius 1 is 1.17 bits per heavy atom. The van der Waals surface area contributed by atoms with Crippen LogP contribution in [0.1, 0.15) is 45.6 Å². The van der Waals surface area contributed by atoms with Gasteiger partial charge in [-0.15, -0.1) is 0 Å². The molecule has 2 fully saturated rings. The molecule has 98 valence electrons. The summed E-state index contributed by atoms with van der Waals surface area (Å²) in [6.07, 6.45) is 4.45. The molecule has 1 saturated carbocycles. The summed E-state index contributed by atoms with van der Waals surface area (Å²) in [7, 11) is 0.576. The Morgan fingerprint density at radius 2 is 1.89 bits per heavy atom. The molecule has 2 bridgehead atoms. The first-order valence-electron chi connectivity index (χ1n) is 7.33. The van der Waals surface area contributed by atoms with Crippen molar-refractivity contribution < 1.29 is 0 Å². The van der Waals surface area contributed by atoms with E-state index in [-0.39, 0.29) is 0 Å². The average Bonchev–Trinajstić information content (AvgIpc) is 2.57. The van der Waals surface area contributed by atoms with Gasteiger partial charge in [-0.1, -0.05) is 37.3 Å². The van der Waals surface area contributed by atoms with Crippen LogP contribution in [0.5, 0.6) is 0 Å². The van der Waals surface area contributed by atoms with E-state index in [4.69, 9.17) is 0 Å². The largest absolute Gasteiger partial charge is 0.134 e. The maximum absolute atomic E-state index is 2.54. The third-order valence-electron chi connectivity index (χ3n) is 5.31. The van der Waals surface area contributed by atoms with Crippen LogP contribution in [0, 0.1) is 11.8 Å². The van der Waals surface area contributed by atoms with Crippen molar-refractivity contribution in [2.24, 2.45) is 11.8 Å². The SMILES string of the molecule is C[C@@H]1CC[C@H]2C[C@H]1[S+](Cc1ccccc1)C2(C)C. The van der Waals surface area contributed by atoms with Gasteiger partial charge in [0.2, 0.25) is 0 Å². The lowest BCUT2D eigenvalue weighted by Gasteiger charge is -2.24. The van der Waals surface area contributed by atoms with Crippen LogP contribution in [0.4, 0.5) is 0 Å². The van der Waals surface area contributed by atoms with Crippen LogP contribution in [0.15, 0.2) is 30.3 Å². The van der Waals surface area contributed by atoms with Crippen molar-refractivity contribution in [3.63, 3.8) is 0 Å². The fraction of sp³-hybridized carbons (Fsp3) is 0.647. The molecule has 1 heterocycles. The van der Waals surface area contributed by atoms with E-state index in [9.17, 15) is 0 Å². The van der Waals surface area contributed by atoms with Crippen molar-refractivity contribution in [1.82, 2.24) is 0 Å². The Kier molecular flexibility index (Phi) is 3.21. The second-order valence-corrected chi connectivity index (χ2v) is 9.49. The normalized spacial score (nSPS) is 37.7. The highest BCUT2D eigenvalue weighted by Gasteiger charge is 2.60. The van der Waals surface area contributed by atoms with Gasteiger partial charge in [0.1, 0.15) is 15.7 Å². The van der Waals surface area contributed by atoms with Gasteiger partial charge >= 0.3 is 0 Å². The van der Waals surface area contributed by atoms with Crippen LogP contribution in [0.25, 0.3) is 0 Å². The Labute approximate surface area is 115 Å². The summed E-state index contributed by atoms with van der Waals surface area (Å²) in [6, 6.07) is 11.1. The van der Waals surface area contributed by atoms with Crippen molar-refractivity contribution in [3.8, 4) is 0 Å². The maximum Gasteiger partial charge on any atom is 0.134 e. The molecule has 1 heteroatoms. The first-order chi connectivity index (χ1) is 8.59. The lowest BCUT2D eigenvalue weighted by molar-refractivity contribution is 0.290. The smallest absolute Gasteiger partial charge is 0.0622 e. The molecule has 2 aliphatic rings. The molecular formula is C17H25S+. The van der Waals surface area contributed by atoms with Gasteiger partial charge < -0.3 is 0 Å². The summed E-state index contributed by atoms with van der Waals surface area (Å²) in [4.78, 5) is 0. The summed E-state index contributed by atoms with van der Waals surface area (Å²) in [5, 5.41) is 0.999.